The summed E-state index contributed by atoms with van der Waals surface area (Å²) in [5.74, 6) is -1.04. The molecule has 0 aliphatic rings. The Morgan fingerprint density at radius 2 is 1.56 bits per heavy atom. The third kappa shape index (κ3) is 4.13. The van der Waals surface area contributed by atoms with Crippen LogP contribution in [0.25, 0.3) is 10.9 Å². The predicted molar refractivity (Wildman–Crippen MR) is 121 cm³/mol. The average Bonchev–Trinajstić information content (AvgIpc) is 3.27. The number of anilines is 1. The van der Waals surface area contributed by atoms with Crippen LogP contribution in [0.4, 0.5) is 5.69 Å². The molecule has 0 saturated heterocycles. The summed E-state index contributed by atoms with van der Waals surface area (Å²) < 4.78 is 32.0. The molecule has 0 radical (unpaired) electrons. The van der Waals surface area contributed by atoms with Gasteiger partial charge in [-0.25, -0.2) is 13.2 Å². The highest BCUT2D eigenvalue weighted by Gasteiger charge is 2.22. The van der Waals surface area contributed by atoms with Crippen molar-refractivity contribution in [1.29, 1.82) is 0 Å². The Hall–Kier alpha value is -3.91. The number of carbonyl (C=O) groups is 2. The van der Waals surface area contributed by atoms with Crippen molar-refractivity contribution in [3.8, 4) is 0 Å². The van der Waals surface area contributed by atoms with Gasteiger partial charge in [0.15, 0.2) is 6.61 Å². The van der Waals surface area contributed by atoms with Gasteiger partial charge < -0.3 is 9.72 Å². The van der Waals surface area contributed by atoms with Crippen molar-refractivity contribution in [3.05, 3.63) is 96.2 Å². The summed E-state index contributed by atoms with van der Waals surface area (Å²) >= 11 is 0. The van der Waals surface area contributed by atoms with Crippen LogP contribution >= 0.6 is 0 Å². The first-order valence-electron chi connectivity index (χ1n) is 9.78. The number of hydrogen-bond donors (Lipinski definition) is 1. The Kier molecular flexibility index (Phi) is 5.79. The normalized spacial score (nSPS) is 11.3. The zero-order valence-corrected chi connectivity index (χ0v) is 18.0. The molecule has 8 heteroatoms. The lowest BCUT2D eigenvalue weighted by Gasteiger charge is -2.19. The van der Waals surface area contributed by atoms with E-state index in [1.54, 1.807) is 36.5 Å². The van der Waals surface area contributed by atoms with Crippen LogP contribution in [-0.4, -0.2) is 38.8 Å². The van der Waals surface area contributed by atoms with Gasteiger partial charge in [-0.15, -0.1) is 0 Å². The number of para-hydroxylation sites is 2. The standard InChI is InChI=1S/C24H20N2O5S/c1-26(18-7-3-2-4-8-18)32(29,30)19-13-11-17(12-14-19)24(28)31-16-23(27)21-15-25-22-10-6-5-9-20(21)22/h2-15,25H,16H2,1H3. The van der Waals surface area contributed by atoms with E-state index in [1.807, 2.05) is 24.3 Å². The SMILES string of the molecule is CN(c1ccccc1)S(=O)(=O)c1ccc(C(=O)OCC(=O)c2c[nH]c3ccccc23)cc1. The molecule has 0 unspecified atom stereocenters. The average molecular weight is 449 g/mol. The lowest BCUT2D eigenvalue weighted by Crippen LogP contribution is -2.26. The number of rotatable bonds is 7. The molecular weight excluding hydrogens is 428 g/mol. The minimum Gasteiger partial charge on any atom is -0.454 e. The number of H-pyrrole nitrogens is 1. The van der Waals surface area contributed by atoms with E-state index in [1.165, 1.54) is 35.6 Å². The van der Waals surface area contributed by atoms with Gasteiger partial charge in [0.05, 0.1) is 16.1 Å². The van der Waals surface area contributed by atoms with E-state index in [-0.39, 0.29) is 16.2 Å². The summed E-state index contributed by atoms with van der Waals surface area (Å²) in [5, 5.41) is 0.755. The van der Waals surface area contributed by atoms with Crippen molar-refractivity contribution < 1.29 is 22.7 Å². The van der Waals surface area contributed by atoms with Crippen molar-refractivity contribution in [2.45, 2.75) is 4.90 Å². The van der Waals surface area contributed by atoms with Crippen LogP contribution in [0.1, 0.15) is 20.7 Å². The molecule has 3 aromatic carbocycles. The molecule has 0 bridgehead atoms. The Morgan fingerprint density at radius 1 is 0.906 bits per heavy atom. The number of ketones is 1. The first-order valence-corrected chi connectivity index (χ1v) is 11.2. The van der Waals surface area contributed by atoms with Gasteiger partial charge in [-0.1, -0.05) is 36.4 Å². The fourth-order valence-electron chi connectivity index (χ4n) is 3.29. The van der Waals surface area contributed by atoms with Crippen molar-refractivity contribution in [3.63, 3.8) is 0 Å². The quantitative estimate of drug-likeness (QED) is 0.340. The van der Waals surface area contributed by atoms with Gasteiger partial charge in [-0.05, 0) is 42.5 Å². The van der Waals surface area contributed by atoms with Crippen LogP contribution < -0.4 is 4.31 Å². The van der Waals surface area contributed by atoms with Crippen LogP contribution in [-0.2, 0) is 14.8 Å². The molecule has 32 heavy (non-hydrogen) atoms. The molecule has 0 amide bonds. The van der Waals surface area contributed by atoms with Gasteiger partial charge in [-0.3, -0.25) is 9.10 Å². The van der Waals surface area contributed by atoms with Crippen LogP contribution in [0, 0.1) is 0 Å². The van der Waals surface area contributed by atoms with E-state index in [2.05, 4.69) is 4.98 Å². The summed E-state index contributed by atoms with van der Waals surface area (Å²) in [6, 6.07) is 21.4. The minimum absolute atomic E-state index is 0.0373. The van der Waals surface area contributed by atoms with Crippen LogP contribution in [0.3, 0.4) is 0 Å². The summed E-state index contributed by atoms with van der Waals surface area (Å²) in [5.41, 5.74) is 1.93. The number of esters is 1. The number of hydrogen-bond acceptors (Lipinski definition) is 5. The number of carbonyl (C=O) groups excluding carboxylic acids is 2. The van der Waals surface area contributed by atoms with E-state index in [0.29, 0.717) is 11.3 Å². The van der Waals surface area contributed by atoms with Crippen LogP contribution in [0.15, 0.2) is 90.0 Å². The maximum Gasteiger partial charge on any atom is 0.338 e. The summed E-state index contributed by atoms with van der Waals surface area (Å²) in [6.07, 6.45) is 1.59. The Labute approximate surface area is 185 Å². The zero-order valence-electron chi connectivity index (χ0n) is 17.2. The molecule has 0 atom stereocenters. The Morgan fingerprint density at radius 3 is 2.28 bits per heavy atom. The van der Waals surface area contributed by atoms with E-state index in [9.17, 15) is 18.0 Å². The van der Waals surface area contributed by atoms with E-state index in [0.717, 1.165) is 10.9 Å². The molecule has 0 fully saturated rings. The number of ether oxygens (including phenoxy) is 1. The highest BCUT2D eigenvalue weighted by atomic mass is 32.2. The van der Waals surface area contributed by atoms with Gasteiger partial charge in [-0.2, -0.15) is 0 Å². The minimum atomic E-state index is -3.79. The second kappa shape index (κ2) is 8.68. The van der Waals surface area contributed by atoms with Crippen LogP contribution in [0.5, 0.6) is 0 Å². The second-order valence-electron chi connectivity index (χ2n) is 7.08. The molecule has 1 N–H and O–H groups in total. The number of Topliss-reactive ketones (excluding diaryl/α,β-unsaturated/α-hetero) is 1. The number of aromatic nitrogens is 1. The number of nitrogens with zero attached hydrogens (tertiary/aromatic N) is 1. The van der Waals surface area contributed by atoms with Gasteiger partial charge in [0.25, 0.3) is 10.0 Å². The fraction of sp³-hybridized carbons (Fsp3) is 0.0833. The number of fused-ring (bicyclic) bond motifs is 1. The van der Waals surface area contributed by atoms with Crippen LogP contribution in [0.2, 0.25) is 0 Å². The predicted octanol–water partition coefficient (Wildman–Crippen LogP) is 4.03. The zero-order chi connectivity index (χ0) is 22.7. The van der Waals surface area contributed by atoms with E-state index >= 15 is 0 Å². The number of benzene rings is 3. The first-order chi connectivity index (χ1) is 15.4. The molecule has 162 valence electrons. The van der Waals surface area contributed by atoms with Gasteiger partial charge in [0.2, 0.25) is 5.78 Å². The largest absolute Gasteiger partial charge is 0.454 e. The van der Waals surface area contributed by atoms with Crippen molar-refractivity contribution in [2.75, 3.05) is 18.0 Å². The Balaban J connectivity index is 1.43. The Bertz CT molecular complexity index is 1380. The third-order valence-corrected chi connectivity index (χ3v) is 6.89. The lowest BCUT2D eigenvalue weighted by molar-refractivity contribution is 0.0475. The first kappa shape index (κ1) is 21.3. The highest BCUT2D eigenvalue weighted by molar-refractivity contribution is 7.92. The van der Waals surface area contributed by atoms with E-state index < -0.39 is 22.6 Å². The highest BCUT2D eigenvalue weighted by Crippen LogP contribution is 2.22. The summed E-state index contributed by atoms with van der Waals surface area (Å²) in [6.45, 7) is -0.419. The molecule has 0 aliphatic heterocycles. The molecule has 4 rings (SSSR count). The molecule has 0 aliphatic carbocycles. The molecule has 1 aromatic heterocycles. The van der Waals surface area contributed by atoms with E-state index in [4.69, 9.17) is 4.74 Å². The maximum absolute atomic E-state index is 12.8. The lowest BCUT2D eigenvalue weighted by atomic mass is 10.1. The second-order valence-corrected chi connectivity index (χ2v) is 9.05. The monoisotopic (exact) mass is 448 g/mol. The summed E-state index contributed by atoms with van der Waals surface area (Å²) in [4.78, 5) is 27.9. The number of sulfonamides is 1. The maximum atomic E-state index is 12.8. The van der Waals surface area contributed by atoms with Crippen molar-refractivity contribution in [2.24, 2.45) is 0 Å². The molecule has 1 heterocycles. The van der Waals surface area contributed by atoms with Gasteiger partial charge in [0, 0.05) is 29.7 Å². The molecular formula is C24H20N2O5S. The van der Waals surface area contributed by atoms with Gasteiger partial charge >= 0.3 is 5.97 Å². The molecule has 4 aromatic rings. The van der Waals surface area contributed by atoms with Gasteiger partial charge in [0.1, 0.15) is 0 Å². The smallest absolute Gasteiger partial charge is 0.338 e. The molecule has 0 saturated carbocycles. The molecule has 0 spiro atoms. The summed E-state index contributed by atoms with van der Waals surface area (Å²) in [7, 11) is -2.33. The fourth-order valence-corrected chi connectivity index (χ4v) is 4.49. The number of nitrogens with one attached hydrogen (secondary N) is 1. The molecule has 7 nitrogen and oxygen atoms in total. The van der Waals surface area contributed by atoms with Crippen molar-refractivity contribution in [1.82, 2.24) is 4.98 Å². The van der Waals surface area contributed by atoms with Crippen molar-refractivity contribution >= 4 is 38.4 Å². The number of aromatic amines is 1. The third-order valence-electron chi connectivity index (χ3n) is 5.09. The topological polar surface area (TPSA) is 96.5 Å².